The van der Waals surface area contributed by atoms with Gasteiger partial charge in [-0.05, 0) is 93.8 Å². The lowest BCUT2D eigenvalue weighted by atomic mass is 9.95. The van der Waals surface area contributed by atoms with Gasteiger partial charge in [-0.2, -0.15) is 9.97 Å². The molecule has 1 spiro atoms. The zero-order chi connectivity index (χ0) is 27.9. The average Bonchev–Trinajstić information content (AvgIpc) is 3.55. The molecule has 5 rings (SSSR count). The van der Waals surface area contributed by atoms with E-state index in [9.17, 15) is 9.90 Å². The molecule has 7 nitrogen and oxygen atoms in total. The molecule has 39 heavy (non-hydrogen) atoms. The van der Waals surface area contributed by atoms with Crippen molar-refractivity contribution >= 4 is 5.97 Å². The van der Waals surface area contributed by atoms with Crippen LogP contribution in [0.5, 0.6) is 11.8 Å². The average molecular weight is 531 g/mol. The van der Waals surface area contributed by atoms with Crippen LogP contribution in [0, 0.1) is 26.2 Å². The Balaban J connectivity index is 1.31. The highest BCUT2D eigenvalue weighted by molar-refractivity contribution is 5.72. The zero-order valence-electron chi connectivity index (χ0n) is 23.8. The van der Waals surface area contributed by atoms with Crippen LogP contribution < -0.4 is 9.47 Å². The number of carbonyl (C=O) groups excluding carboxylic acids is 1. The predicted molar refractivity (Wildman–Crippen MR) is 149 cm³/mol. The van der Waals surface area contributed by atoms with Crippen LogP contribution in [0.25, 0.3) is 11.1 Å². The van der Waals surface area contributed by atoms with Gasteiger partial charge in [0.2, 0.25) is 0 Å². The molecule has 7 heteroatoms. The molecular formula is C32H38N2O5. The van der Waals surface area contributed by atoms with Crippen LogP contribution >= 0.6 is 0 Å². The summed E-state index contributed by atoms with van der Waals surface area (Å²) in [5.74, 6) is 0.597. The monoisotopic (exact) mass is 530 g/mol. The summed E-state index contributed by atoms with van der Waals surface area (Å²) in [4.78, 5) is 20.9. The maximum Gasteiger partial charge on any atom is 0.316 e. The van der Waals surface area contributed by atoms with Crippen molar-refractivity contribution in [3.8, 4) is 22.9 Å². The third kappa shape index (κ3) is 5.78. The molecule has 0 bridgehead atoms. The molecule has 1 N–H and O–H groups in total. The van der Waals surface area contributed by atoms with Crippen molar-refractivity contribution in [2.24, 2.45) is 5.41 Å². The van der Waals surface area contributed by atoms with Crippen molar-refractivity contribution in [2.45, 2.75) is 85.5 Å². The summed E-state index contributed by atoms with van der Waals surface area (Å²) in [6.45, 7) is 11.8. The van der Waals surface area contributed by atoms with Crippen LogP contribution in [0.15, 0.2) is 36.4 Å². The Morgan fingerprint density at radius 2 is 1.79 bits per heavy atom. The number of benzene rings is 2. The highest BCUT2D eigenvalue weighted by Gasteiger charge is 2.56. The highest BCUT2D eigenvalue weighted by atomic mass is 16.5. The van der Waals surface area contributed by atoms with E-state index in [-0.39, 0.29) is 17.5 Å². The molecule has 0 aliphatic heterocycles. The van der Waals surface area contributed by atoms with Gasteiger partial charge in [-0.1, -0.05) is 24.3 Å². The lowest BCUT2D eigenvalue weighted by Crippen LogP contribution is -2.22. The first-order chi connectivity index (χ1) is 18.5. The topological polar surface area (TPSA) is 90.8 Å². The van der Waals surface area contributed by atoms with Gasteiger partial charge in [0.15, 0.2) is 0 Å². The molecule has 2 aliphatic rings. The molecular weight excluding hydrogens is 492 g/mol. The molecule has 1 aromatic heterocycles. The number of fused-ring (bicyclic) bond motifs is 1. The van der Waals surface area contributed by atoms with Crippen molar-refractivity contribution in [2.75, 3.05) is 6.61 Å². The van der Waals surface area contributed by atoms with E-state index in [0.717, 1.165) is 64.2 Å². The maximum atomic E-state index is 11.7. The Hall–Kier alpha value is -3.45. The van der Waals surface area contributed by atoms with Crippen molar-refractivity contribution < 1.29 is 24.1 Å². The Kier molecular flexibility index (Phi) is 7.14. The number of aromatic nitrogens is 2. The van der Waals surface area contributed by atoms with Crippen molar-refractivity contribution in [3.63, 3.8) is 0 Å². The second kappa shape index (κ2) is 10.3. The van der Waals surface area contributed by atoms with E-state index in [2.05, 4.69) is 41.2 Å². The number of carbonyl (C=O) groups is 1. The van der Waals surface area contributed by atoms with Crippen molar-refractivity contribution in [3.05, 3.63) is 70.0 Å². The van der Waals surface area contributed by atoms with Crippen molar-refractivity contribution in [1.82, 2.24) is 9.97 Å². The third-order valence-corrected chi connectivity index (χ3v) is 7.98. The number of aryl methyl sites for hydroxylation is 2. The lowest BCUT2D eigenvalue weighted by Gasteiger charge is -2.19. The molecule has 0 radical (unpaired) electrons. The van der Waals surface area contributed by atoms with Gasteiger partial charge in [-0.3, -0.25) is 4.79 Å². The highest BCUT2D eigenvalue weighted by Crippen LogP contribution is 2.63. The number of ether oxygens (including phenoxy) is 3. The fourth-order valence-corrected chi connectivity index (χ4v) is 5.64. The standard InChI is InChI=1S/C32H38N2O5/c1-19-23(18-38-25-10-11-27-24(16-25)17-32(12-13-32)29(27)39-22(4)35)8-7-9-26(19)28-20(2)33-30(34-21(28)3)37-15-14-31(5,6)36/h7-11,16,29,36H,12-15,17-18H2,1-6H3. The summed E-state index contributed by atoms with van der Waals surface area (Å²) in [5.41, 5.74) is 7.59. The van der Waals surface area contributed by atoms with Crippen LogP contribution in [-0.2, 0) is 22.6 Å². The van der Waals surface area contributed by atoms with E-state index in [1.54, 1.807) is 13.8 Å². The van der Waals surface area contributed by atoms with Crippen LogP contribution in [0.3, 0.4) is 0 Å². The van der Waals surface area contributed by atoms with Crippen LogP contribution in [0.4, 0.5) is 0 Å². The summed E-state index contributed by atoms with van der Waals surface area (Å²) in [6.07, 6.45) is 3.48. The third-order valence-electron chi connectivity index (χ3n) is 7.98. The van der Waals surface area contributed by atoms with Gasteiger partial charge in [-0.25, -0.2) is 0 Å². The molecule has 0 amide bonds. The Morgan fingerprint density at radius 1 is 1.08 bits per heavy atom. The molecule has 206 valence electrons. The van der Waals surface area contributed by atoms with Gasteiger partial charge in [0.25, 0.3) is 0 Å². The molecule has 2 aromatic carbocycles. The molecule has 1 saturated carbocycles. The van der Waals surface area contributed by atoms with E-state index in [0.29, 0.717) is 25.6 Å². The summed E-state index contributed by atoms with van der Waals surface area (Å²) in [5, 5.41) is 9.93. The smallest absolute Gasteiger partial charge is 0.316 e. The fourth-order valence-electron chi connectivity index (χ4n) is 5.64. The van der Waals surface area contributed by atoms with Crippen LogP contribution in [0.1, 0.15) is 79.8 Å². The minimum absolute atomic E-state index is 0.0886. The zero-order valence-corrected chi connectivity index (χ0v) is 23.8. The van der Waals surface area contributed by atoms with Gasteiger partial charge >= 0.3 is 12.0 Å². The first-order valence-electron chi connectivity index (χ1n) is 13.7. The number of esters is 1. The van der Waals surface area contributed by atoms with Gasteiger partial charge in [0.1, 0.15) is 18.5 Å². The summed E-state index contributed by atoms with van der Waals surface area (Å²) in [7, 11) is 0. The summed E-state index contributed by atoms with van der Waals surface area (Å²) >= 11 is 0. The van der Waals surface area contributed by atoms with E-state index in [1.165, 1.54) is 12.5 Å². The first kappa shape index (κ1) is 27.1. The van der Waals surface area contributed by atoms with Gasteiger partial charge in [0.05, 0.1) is 23.6 Å². The summed E-state index contributed by atoms with van der Waals surface area (Å²) < 4.78 is 17.7. The lowest BCUT2D eigenvalue weighted by molar-refractivity contribution is -0.149. The summed E-state index contributed by atoms with van der Waals surface area (Å²) in [6, 6.07) is 12.7. The molecule has 2 aliphatic carbocycles. The van der Waals surface area contributed by atoms with Gasteiger partial charge in [-0.15, -0.1) is 0 Å². The fraction of sp³-hybridized carbons (Fsp3) is 0.469. The molecule has 1 heterocycles. The first-order valence-corrected chi connectivity index (χ1v) is 13.7. The van der Waals surface area contributed by atoms with Crippen molar-refractivity contribution in [1.29, 1.82) is 0 Å². The second-order valence-corrected chi connectivity index (χ2v) is 11.7. The normalized spacial score (nSPS) is 17.2. The minimum Gasteiger partial charge on any atom is -0.489 e. The van der Waals surface area contributed by atoms with E-state index < -0.39 is 5.60 Å². The number of rotatable bonds is 9. The Labute approximate surface area is 230 Å². The number of nitrogens with zero attached hydrogens (tertiary/aromatic N) is 2. The van der Waals surface area contributed by atoms with Gasteiger partial charge < -0.3 is 19.3 Å². The number of hydrogen-bond donors (Lipinski definition) is 1. The van der Waals surface area contributed by atoms with E-state index in [4.69, 9.17) is 14.2 Å². The number of hydrogen-bond acceptors (Lipinski definition) is 7. The molecule has 1 fully saturated rings. The van der Waals surface area contributed by atoms with E-state index >= 15 is 0 Å². The molecule has 0 saturated heterocycles. The maximum absolute atomic E-state index is 11.7. The van der Waals surface area contributed by atoms with Crippen LogP contribution in [-0.4, -0.2) is 33.3 Å². The Morgan fingerprint density at radius 3 is 2.44 bits per heavy atom. The molecule has 3 aromatic rings. The molecule has 1 unspecified atom stereocenters. The number of aliphatic hydroxyl groups is 1. The van der Waals surface area contributed by atoms with E-state index in [1.807, 2.05) is 26.0 Å². The predicted octanol–water partition coefficient (Wildman–Crippen LogP) is 6.13. The minimum atomic E-state index is -0.796. The molecule has 1 atom stereocenters. The van der Waals surface area contributed by atoms with Crippen LogP contribution in [0.2, 0.25) is 0 Å². The quantitative estimate of drug-likeness (QED) is 0.333. The Bertz CT molecular complexity index is 1380. The largest absolute Gasteiger partial charge is 0.489 e. The van der Waals surface area contributed by atoms with Gasteiger partial charge in [0, 0.05) is 24.3 Å². The SMILES string of the molecule is CC(=O)OC1c2ccc(OCc3cccc(-c4c(C)nc(OCCC(C)(C)O)nc4C)c3C)cc2CC12CC2. The second-order valence-electron chi connectivity index (χ2n) is 11.7.